The number of aryl methyl sites for hydroxylation is 1. The van der Waals surface area contributed by atoms with E-state index in [2.05, 4.69) is 20.3 Å². The SMILES string of the molecule is Cc1nc(Cl)cc(Nc2cccc(OCc3cccnc3)c2)n1. The lowest BCUT2D eigenvalue weighted by Crippen LogP contribution is -1.99. The van der Waals surface area contributed by atoms with Gasteiger partial charge in [-0.2, -0.15) is 0 Å². The predicted octanol–water partition coefficient (Wildman–Crippen LogP) is 4.16. The molecule has 23 heavy (non-hydrogen) atoms. The number of benzene rings is 1. The zero-order valence-electron chi connectivity index (χ0n) is 12.5. The van der Waals surface area contributed by atoms with E-state index in [9.17, 15) is 0 Å². The first kappa shape index (κ1) is 15.2. The maximum Gasteiger partial charge on any atom is 0.135 e. The summed E-state index contributed by atoms with van der Waals surface area (Å²) in [6.07, 6.45) is 3.52. The Hall–Kier alpha value is -2.66. The monoisotopic (exact) mass is 326 g/mol. The summed E-state index contributed by atoms with van der Waals surface area (Å²) in [5, 5.41) is 3.60. The van der Waals surface area contributed by atoms with E-state index < -0.39 is 0 Å². The molecule has 0 atom stereocenters. The van der Waals surface area contributed by atoms with Crippen LogP contribution in [0.4, 0.5) is 11.5 Å². The third-order valence-electron chi connectivity index (χ3n) is 3.04. The van der Waals surface area contributed by atoms with Gasteiger partial charge in [0.15, 0.2) is 0 Å². The molecule has 1 N–H and O–H groups in total. The van der Waals surface area contributed by atoms with Crippen LogP contribution in [0.1, 0.15) is 11.4 Å². The molecule has 3 aromatic rings. The molecular weight excluding hydrogens is 312 g/mol. The third kappa shape index (κ3) is 4.40. The highest BCUT2D eigenvalue weighted by Gasteiger charge is 2.02. The van der Waals surface area contributed by atoms with Gasteiger partial charge < -0.3 is 10.1 Å². The summed E-state index contributed by atoms with van der Waals surface area (Å²) in [6, 6.07) is 13.2. The number of rotatable bonds is 5. The van der Waals surface area contributed by atoms with E-state index in [0.29, 0.717) is 23.4 Å². The zero-order chi connectivity index (χ0) is 16.1. The minimum atomic E-state index is 0.406. The highest BCUT2D eigenvalue weighted by molar-refractivity contribution is 6.29. The maximum absolute atomic E-state index is 5.94. The van der Waals surface area contributed by atoms with Crippen molar-refractivity contribution in [1.29, 1.82) is 0 Å². The molecule has 3 rings (SSSR count). The van der Waals surface area contributed by atoms with Gasteiger partial charge in [0.25, 0.3) is 0 Å². The lowest BCUT2D eigenvalue weighted by Gasteiger charge is -2.10. The minimum absolute atomic E-state index is 0.406. The summed E-state index contributed by atoms with van der Waals surface area (Å²) in [5.74, 6) is 2.02. The van der Waals surface area contributed by atoms with Crippen LogP contribution in [0.25, 0.3) is 0 Å². The third-order valence-corrected chi connectivity index (χ3v) is 3.24. The molecule has 116 valence electrons. The molecule has 0 aliphatic carbocycles. The summed E-state index contributed by atoms with van der Waals surface area (Å²) in [5.41, 5.74) is 1.88. The molecule has 0 aliphatic rings. The van der Waals surface area contributed by atoms with Gasteiger partial charge in [-0.1, -0.05) is 23.7 Å². The van der Waals surface area contributed by atoms with Crippen molar-refractivity contribution in [3.8, 4) is 5.75 Å². The molecule has 0 unspecified atom stereocenters. The molecule has 2 heterocycles. The van der Waals surface area contributed by atoms with Crippen molar-refractivity contribution < 1.29 is 4.74 Å². The summed E-state index contributed by atoms with van der Waals surface area (Å²) in [4.78, 5) is 12.4. The molecule has 0 amide bonds. The Morgan fingerprint density at radius 3 is 2.83 bits per heavy atom. The van der Waals surface area contributed by atoms with Gasteiger partial charge in [0.05, 0.1) is 0 Å². The van der Waals surface area contributed by atoms with Gasteiger partial charge in [0.1, 0.15) is 29.2 Å². The molecule has 0 radical (unpaired) electrons. The van der Waals surface area contributed by atoms with Crippen LogP contribution >= 0.6 is 11.6 Å². The molecule has 2 aromatic heterocycles. The van der Waals surface area contributed by atoms with E-state index in [0.717, 1.165) is 17.0 Å². The van der Waals surface area contributed by atoms with Crippen molar-refractivity contribution >= 4 is 23.1 Å². The Morgan fingerprint density at radius 1 is 1.13 bits per heavy atom. The van der Waals surface area contributed by atoms with E-state index >= 15 is 0 Å². The van der Waals surface area contributed by atoms with Crippen molar-refractivity contribution in [3.63, 3.8) is 0 Å². The Kier molecular flexibility index (Phi) is 4.68. The maximum atomic E-state index is 5.94. The van der Waals surface area contributed by atoms with E-state index in [4.69, 9.17) is 16.3 Å². The first-order chi connectivity index (χ1) is 11.2. The summed E-state index contributed by atoms with van der Waals surface area (Å²) < 4.78 is 5.78. The summed E-state index contributed by atoms with van der Waals surface area (Å²) >= 11 is 5.94. The lowest BCUT2D eigenvalue weighted by atomic mass is 10.3. The standard InChI is InChI=1S/C17H15ClN4O/c1-12-20-16(18)9-17(21-12)22-14-5-2-6-15(8-14)23-11-13-4-3-7-19-10-13/h2-10H,11H2,1H3,(H,20,21,22). The van der Waals surface area contributed by atoms with Crippen LogP contribution in [0, 0.1) is 6.92 Å². The molecular formula is C17H15ClN4O. The molecule has 0 spiro atoms. The van der Waals surface area contributed by atoms with Gasteiger partial charge in [-0.3, -0.25) is 4.98 Å². The minimum Gasteiger partial charge on any atom is -0.489 e. The van der Waals surface area contributed by atoms with Gasteiger partial charge in [-0.15, -0.1) is 0 Å². The van der Waals surface area contributed by atoms with Crippen LogP contribution in [0.15, 0.2) is 54.9 Å². The molecule has 1 aromatic carbocycles. The van der Waals surface area contributed by atoms with Crippen molar-refractivity contribution in [1.82, 2.24) is 15.0 Å². The fraction of sp³-hybridized carbons (Fsp3) is 0.118. The van der Waals surface area contributed by atoms with Crippen LogP contribution in [-0.4, -0.2) is 15.0 Å². The molecule has 0 aliphatic heterocycles. The molecule has 0 saturated heterocycles. The first-order valence-corrected chi connectivity index (χ1v) is 7.47. The van der Waals surface area contributed by atoms with Crippen LogP contribution in [0.2, 0.25) is 5.15 Å². The van der Waals surface area contributed by atoms with E-state index in [-0.39, 0.29) is 0 Å². The Bertz CT molecular complexity index is 775. The smallest absolute Gasteiger partial charge is 0.135 e. The van der Waals surface area contributed by atoms with Gasteiger partial charge in [-0.25, -0.2) is 9.97 Å². The average Bonchev–Trinajstić information content (AvgIpc) is 2.53. The second-order valence-corrected chi connectivity index (χ2v) is 5.31. The molecule has 0 fully saturated rings. The average molecular weight is 327 g/mol. The molecule has 0 saturated carbocycles. The van der Waals surface area contributed by atoms with E-state index in [1.807, 2.05) is 36.4 Å². The van der Waals surface area contributed by atoms with Crippen molar-refractivity contribution in [3.05, 3.63) is 71.4 Å². The van der Waals surface area contributed by atoms with E-state index in [1.165, 1.54) is 0 Å². The number of hydrogen-bond donors (Lipinski definition) is 1. The summed E-state index contributed by atoms with van der Waals surface area (Å²) in [6.45, 7) is 2.26. The van der Waals surface area contributed by atoms with Crippen LogP contribution < -0.4 is 10.1 Å². The quantitative estimate of drug-likeness (QED) is 0.713. The van der Waals surface area contributed by atoms with Crippen LogP contribution in [-0.2, 0) is 6.61 Å². The highest BCUT2D eigenvalue weighted by Crippen LogP contribution is 2.22. The number of halogens is 1. The number of hydrogen-bond acceptors (Lipinski definition) is 5. The topological polar surface area (TPSA) is 59.9 Å². The predicted molar refractivity (Wildman–Crippen MR) is 90.1 cm³/mol. The van der Waals surface area contributed by atoms with Gasteiger partial charge >= 0.3 is 0 Å². The van der Waals surface area contributed by atoms with Gasteiger partial charge in [-0.05, 0) is 25.1 Å². The number of anilines is 2. The first-order valence-electron chi connectivity index (χ1n) is 7.09. The van der Waals surface area contributed by atoms with Gasteiger partial charge in [0.2, 0.25) is 0 Å². The van der Waals surface area contributed by atoms with Gasteiger partial charge in [0, 0.05) is 35.8 Å². The van der Waals surface area contributed by atoms with Crippen LogP contribution in [0.3, 0.4) is 0 Å². The Balaban J connectivity index is 1.69. The van der Waals surface area contributed by atoms with Crippen molar-refractivity contribution in [2.75, 3.05) is 5.32 Å². The number of nitrogens with one attached hydrogen (secondary N) is 1. The zero-order valence-corrected chi connectivity index (χ0v) is 13.3. The molecule has 5 nitrogen and oxygen atoms in total. The second-order valence-electron chi connectivity index (χ2n) is 4.93. The lowest BCUT2D eigenvalue weighted by molar-refractivity contribution is 0.306. The Morgan fingerprint density at radius 2 is 2.04 bits per heavy atom. The Labute approximate surface area is 139 Å². The van der Waals surface area contributed by atoms with Crippen molar-refractivity contribution in [2.45, 2.75) is 13.5 Å². The number of nitrogens with zero attached hydrogens (tertiary/aromatic N) is 3. The normalized spacial score (nSPS) is 10.3. The number of pyridine rings is 1. The fourth-order valence-corrected chi connectivity index (χ4v) is 2.28. The second kappa shape index (κ2) is 7.07. The number of ether oxygens (including phenoxy) is 1. The molecule has 0 bridgehead atoms. The van der Waals surface area contributed by atoms with Crippen molar-refractivity contribution in [2.24, 2.45) is 0 Å². The molecule has 6 heteroatoms. The largest absolute Gasteiger partial charge is 0.489 e. The fourth-order valence-electron chi connectivity index (χ4n) is 2.06. The van der Waals surface area contributed by atoms with Crippen LogP contribution in [0.5, 0.6) is 5.75 Å². The highest BCUT2D eigenvalue weighted by atomic mass is 35.5. The summed E-state index contributed by atoms with van der Waals surface area (Å²) in [7, 11) is 0. The number of aromatic nitrogens is 3. The van der Waals surface area contributed by atoms with E-state index in [1.54, 1.807) is 25.4 Å².